The minimum atomic E-state index is 0.296. The Bertz CT molecular complexity index is 968. The summed E-state index contributed by atoms with van der Waals surface area (Å²) in [5, 5.41) is 3.96. The first-order chi connectivity index (χ1) is 13.7. The summed E-state index contributed by atoms with van der Waals surface area (Å²) in [5.74, 6) is 1.60. The molecule has 2 aliphatic heterocycles. The van der Waals surface area contributed by atoms with Gasteiger partial charge in [-0.3, -0.25) is 4.90 Å². The quantitative estimate of drug-likeness (QED) is 0.629. The maximum absolute atomic E-state index is 5.99. The average Bonchev–Trinajstić information content (AvgIpc) is 3.38. The third kappa shape index (κ3) is 3.68. The van der Waals surface area contributed by atoms with E-state index in [0.29, 0.717) is 6.79 Å². The second-order valence-corrected chi connectivity index (χ2v) is 8.25. The van der Waals surface area contributed by atoms with Gasteiger partial charge in [-0.05, 0) is 42.5 Å². The van der Waals surface area contributed by atoms with Crippen LogP contribution in [-0.4, -0.2) is 42.9 Å². The Morgan fingerprint density at radius 3 is 2.57 bits per heavy atom. The number of thiazole rings is 1. The van der Waals surface area contributed by atoms with E-state index in [1.165, 1.54) is 5.69 Å². The van der Waals surface area contributed by atoms with Gasteiger partial charge in [-0.25, -0.2) is 4.98 Å². The standard InChI is InChI=1S/C21H20ClN3O2S/c22-16-2-4-18(5-3-16)25-9-7-24(8-10-25)12-17-13-28-21(23-17)15-1-6-19-20(11-15)27-14-26-19/h1-6,11,13H,7-10,12,14H2. The van der Waals surface area contributed by atoms with E-state index in [0.717, 1.165) is 65.5 Å². The Hall–Kier alpha value is -2.28. The van der Waals surface area contributed by atoms with Crippen molar-refractivity contribution in [3.63, 3.8) is 0 Å². The predicted molar refractivity (Wildman–Crippen MR) is 113 cm³/mol. The minimum Gasteiger partial charge on any atom is -0.454 e. The van der Waals surface area contributed by atoms with Crippen LogP contribution in [0.1, 0.15) is 5.69 Å². The molecule has 5 rings (SSSR count). The Morgan fingerprint density at radius 2 is 1.75 bits per heavy atom. The molecule has 2 aliphatic rings. The lowest BCUT2D eigenvalue weighted by Gasteiger charge is -2.35. The van der Waals surface area contributed by atoms with Gasteiger partial charge in [0.25, 0.3) is 0 Å². The summed E-state index contributed by atoms with van der Waals surface area (Å²) < 4.78 is 10.9. The SMILES string of the molecule is Clc1ccc(N2CCN(Cc3csc(-c4ccc5c(c4)OCO5)n3)CC2)cc1. The zero-order valence-electron chi connectivity index (χ0n) is 15.3. The van der Waals surface area contributed by atoms with Gasteiger partial charge < -0.3 is 14.4 Å². The fourth-order valence-corrected chi connectivity index (χ4v) is 4.52. The number of piperazine rings is 1. The molecule has 144 valence electrons. The van der Waals surface area contributed by atoms with Crippen LogP contribution < -0.4 is 14.4 Å². The summed E-state index contributed by atoms with van der Waals surface area (Å²) in [6.07, 6.45) is 0. The van der Waals surface area contributed by atoms with Crippen LogP contribution in [0.2, 0.25) is 5.02 Å². The first kappa shape index (κ1) is 17.8. The van der Waals surface area contributed by atoms with Crippen molar-refractivity contribution in [3.05, 3.63) is 58.6 Å². The first-order valence-corrected chi connectivity index (χ1v) is 10.6. The molecule has 0 amide bonds. The highest BCUT2D eigenvalue weighted by molar-refractivity contribution is 7.13. The van der Waals surface area contributed by atoms with Gasteiger partial charge in [-0.15, -0.1) is 11.3 Å². The summed E-state index contributed by atoms with van der Waals surface area (Å²) in [5.41, 5.74) is 3.44. The van der Waals surface area contributed by atoms with Crippen LogP contribution in [0.25, 0.3) is 10.6 Å². The van der Waals surface area contributed by atoms with Crippen molar-refractivity contribution in [1.82, 2.24) is 9.88 Å². The van der Waals surface area contributed by atoms with Gasteiger partial charge in [0.15, 0.2) is 11.5 Å². The molecule has 5 nitrogen and oxygen atoms in total. The van der Waals surface area contributed by atoms with Crippen molar-refractivity contribution in [1.29, 1.82) is 0 Å². The summed E-state index contributed by atoms with van der Waals surface area (Å²) in [4.78, 5) is 9.71. The summed E-state index contributed by atoms with van der Waals surface area (Å²) in [6, 6.07) is 14.1. The molecule has 3 heterocycles. The third-order valence-corrected chi connectivity index (χ3v) is 6.31. The first-order valence-electron chi connectivity index (χ1n) is 9.32. The van der Waals surface area contributed by atoms with Crippen LogP contribution in [0.15, 0.2) is 47.8 Å². The topological polar surface area (TPSA) is 37.8 Å². The normalized spacial score (nSPS) is 16.5. The Balaban J connectivity index is 1.20. The van der Waals surface area contributed by atoms with E-state index in [-0.39, 0.29) is 0 Å². The molecule has 0 saturated carbocycles. The van der Waals surface area contributed by atoms with Crippen molar-refractivity contribution in [2.45, 2.75) is 6.54 Å². The zero-order chi connectivity index (χ0) is 18.9. The number of hydrogen-bond acceptors (Lipinski definition) is 6. The minimum absolute atomic E-state index is 0.296. The van der Waals surface area contributed by atoms with Crippen molar-refractivity contribution >= 4 is 28.6 Å². The van der Waals surface area contributed by atoms with E-state index in [9.17, 15) is 0 Å². The fourth-order valence-electron chi connectivity index (χ4n) is 3.59. The molecule has 0 bridgehead atoms. The molecule has 0 atom stereocenters. The number of nitrogens with zero attached hydrogens (tertiary/aromatic N) is 3. The van der Waals surface area contributed by atoms with Crippen LogP contribution in [0.4, 0.5) is 5.69 Å². The lowest BCUT2D eigenvalue weighted by molar-refractivity contribution is 0.174. The van der Waals surface area contributed by atoms with E-state index < -0.39 is 0 Å². The van der Waals surface area contributed by atoms with Crippen LogP contribution in [0.3, 0.4) is 0 Å². The Kier molecular flexibility index (Phi) is 4.84. The summed E-state index contributed by atoms with van der Waals surface area (Å²) in [7, 11) is 0. The molecule has 0 unspecified atom stereocenters. The molecule has 0 aliphatic carbocycles. The number of fused-ring (bicyclic) bond motifs is 1. The predicted octanol–water partition coefficient (Wildman–Crippen LogP) is 4.51. The molecule has 1 saturated heterocycles. The Morgan fingerprint density at radius 1 is 0.964 bits per heavy atom. The third-order valence-electron chi connectivity index (χ3n) is 5.12. The molecule has 0 radical (unpaired) electrons. The largest absolute Gasteiger partial charge is 0.454 e. The van der Waals surface area contributed by atoms with Crippen molar-refractivity contribution in [2.75, 3.05) is 37.9 Å². The van der Waals surface area contributed by atoms with Gasteiger partial charge in [-0.1, -0.05) is 11.6 Å². The number of rotatable bonds is 4. The lowest BCUT2D eigenvalue weighted by atomic mass is 10.2. The van der Waals surface area contributed by atoms with Crippen molar-refractivity contribution < 1.29 is 9.47 Å². The molecule has 0 N–H and O–H groups in total. The fraction of sp³-hybridized carbons (Fsp3) is 0.286. The van der Waals surface area contributed by atoms with E-state index >= 15 is 0 Å². The van der Waals surface area contributed by atoms with Crippen molar-refractivity contribution in [2.24, 2.45) is 0 Å². The molecule has 7 heteroatoms. The molecule has 1 fully saturated rings. The highest BCUT2D eigenvalue weighted by Crippen LogP contribution is 2.36. The van der Waals surface area contributed by atoms with Gasteiger partial charge in [-0.2, -0.15) is 0 Å². The molecular weight excluding hydrogens is 394 g/mol. The van der Waals surface area contributed by atoms with E-state index in [1.54, 1.807) is 11.3 Å². The van der Waals surface area contributed by atoms with Gasteiger partial charge in [0, 0.05) is 54.4 Å². The van der Waals surface area contributed by atoms with E-state index in [1.807, 2.05) is 30.3 Å². The van der Waals surface area contributed by atoms with Gasteiger partial charge in [0.1, 0.15) is 5.01 Å². The van der Waals surface area contributed by atoms with Crippen LogP contribution in [0, 0.1) is 0 Å². The highest BCUT2D eigenvalue weighted by atomic mass is 35.5. The molecule has 1 aromatic heterocycles. The van der Waals surface area contributed by atoms with Gasteiger partial charge in [0.2, 0.25) is 6.79 Å². The number of anilines is 1. The number of benzene rings is 2. The molecular formula is C21H20ClN3O2S. The molecule has 28 heavy (non-hydrogen) atoms. The molecule has 3 aromatic rings. The molecule has 0 spiro atoms. The summed E-state index contributed by atoms with van der Waals surface area (Å²) >= 11 is 7.67. The number of hydrogen-bond donors (Lipinski definition) is 0. The Labute approximate surface area is 173 Å². The zero-order valence-corrected chi connectivity index (χ0v) is 16.9. The maximum atomic E-state index is 5.99. The molecule has 2 aromatic carbocycles. The van der Waals surface area contributed by atoms with Gasteiger partial charge in [0.05, 0.1) is 5.69 Å². The smallest absolute Gasteiger partial charge is 0.231 e. The van der Waals surface area contributed by atoms with E-state index in [4.69, 9.17) is 26.1 Å². The lowest BCUT2D eigenvalue weighted by Crippen LogP contribution is -2.46. The van der Waals surface area contributed by atoms with Gasteiger partial charge >= 0.3 is 0 Å². The van der Waals surface area contributed by atoms with Crippen LogP contribution in [-0.2, 0) is 6.54 Å². The summed E-state index contributed by atoms with van der Waals surface area (Å²) in [6.45, 7) is 5.26. The van der Waals surface area contributed by atoms with Crippen molar-refractivity contribution in [3.8, 4) is 22.1 Å². The second-order valence-electron chi connectivity index (χ2n) is 6.95. The number of aromatic nitrogens is 1. The number of halogens is 1. The van der Waals surface area contributed by atoms with E-state index in [2.05, 4.69) is 27.3 Å². The number of ether oxygens (including phenoxy) is 2. The average molecular weight is 414 g/mol. The second kappa shape index (κ2) is 7.62. The van der Waals surface area contributed by atoms with Crippen LogP contribution >= 0.6 is 22.9 Å². The monoisotopic (exact) mass is 413 g/mol. The maximum Gasteiger partial charge on any atom is 0.231 e. The highest BCUT2D eigenvalue weighted by Gasteiger charge is 2.19. The van der Waals surface area contributed by atoms with Crippen LogP contribution in [0.5, 0.6) is 11.5 Å².